The molecule has 61 heavy (non-hydrogen) atoms. The first-order valence-electron chi connectivity index (χ1n) is 25.6. The van der Waals surface area contributed by atoms with Crippen LogP contribution in [0.2, 0.25) is 0 Å². The molecule has 0 fully saturated rings. The van der Waals surface area contributed by atoms with Gasteiger partial charge in [0.2, 0.25) is 0 Å². The van der Waals surface area contributed by atoms with Crippen LogP contribution < -0.4 is 0 Å². The molecule has 0 aliphatic carbocycles. The molecule has 0 aromatic carbocycles. The summed E-state index contributed by atoms with van der Waals surface area (Å²) in [7, 11) is 1.48. The average molecular weight is 885 g/mol. The van der Waals surface area contributed by atoms with Crippen molar-refractivity contribution in [2.45, 2.75) is 245 Å². The van der Waals surface area contributed by atoms with Crippen LogP contribution in [0.25, 0.3) is 0 Å². The van der Waals surface area contributed by atoms with Gasteiger partial charge in [-0.25, -0.2) is 4.57 Å². The summed E-state index contributed by atoms with van der Waals surface area (Å²) in [5.74, 6) is -0.803. The van der Waals surface area contributed by atoms with Crippen LogP contribution in [0.4, 0.5) is 0 Å². The second-order valence-corrected chi connectivity index (χ2v) is 20.0. The van der Waals surface area contributed by atoms with Gasteiger partial charge in [-0.3, -0.25) is 18.6 Å². The first kappa shape index (κ1) is 59.5. The Kier molecular flexibility index (Phi) is 42.6. The van der Waals surface area contributed by atoms with Gasteiger partial charge in [-0.05, 0) is 38.5 Å². The number of quaternary nitrogens is 1. The quantitative estimate of drug-likeness (QED) is 0.0212. The summed E-state index contributed by atoms with van der Waals surface area (Å²) in [5, 5.41) is 0. The summed E-state index contributed by atoms with van der Waals surface area (Å²) >= 11 is 0. The van der Waals surface area contributed by atoms with E-state index in [0.717, 1.165) is 57.8 Å². The summed E-state index contributed by atoms with van der Waals surface area (Å²) in [6, 6.07) is 0. The van der Waals surface area contributed by atoms with Gasteiger partial charge in [0.05, 0.1) is 27.7 Å². The minimum absolute atomic E-state index is 0.0315. The number of rotatable bonds is 47. The summed E-state index contributed by atoms with van der Waals surface area (Å²) in [5.41, 5.74) is 0. The molecule has 9 nitrogen and oxygen atoms in total. The number of hydrogen-bond donors (Lipinski definition) is 1. The second kappa shape index (κ2) is 43.7. The number of carbonyl (C=O) groups is 2. The fourth-order valence-electron chi connectivity index (χ4n) is 7.21. The first-order chi connectivity index (χ1) is 29.5. The van der Waals surface area contributed by atoms with Gasteiger partial charge in [-0.2, -0.15) is 0 Å². The number of nitrogens with zero attached hydrogens (tertiary/aromatic N) is 1. The van der Waals surface area contributed by atoms with Crippen molar-refractivity contribution < 1.29 is 42.1 Å². The van der Waals surface area contributed by atoms with Gasteiger partial charge in [0.15, 0.2) is 6.10 Å². The summed E-state index contributed by atoms with van der Waals surface area (Å²) < 4.78 is 34.4. The second-order valence-electron chi connectivity index (χ2n) is 18.6. The van der Waals surface area contributed by atoms with Crippen molar-refractivity contribution in [2.75, 3.05) is 47.5 Å². The number of likely N-dealkylation sites (N-methyl/N-ethyl adjacent to an activating group) is 1. The third-order valence-corrected chi connectivity index (χ3v) is 12.2. The smallest absolute Gasteiger partial charge is 0.462 e. The predicted octanol–water partition coefficient (Wildman–Crippen LogP) is 15.1. The number of phosphoric acid groups is 1. The van der Waals surface area contributed by atoms with Crippen LogP contribution in [-0.4, -0.2) is 74.9 Å². The standard InChI is InChI=1S/C51H98NO8P/c1-6-8-10-12-14-16-18-20-22-23-24-25-26-27-28-29-30-32-34-36-38-40-42-44-51(54)60-49(48-59-61(55,56)58-46-45-52(3,4)5)47-57-50(53)43-41-39-37-35-33-31-21-19-17-15-13-11-9-7-2/h13,15,19,21,49H,6-12,14,16-18,20,22-48H2,1-5H3/p+1/b15-13+,21-19+/t49-/m1/s1. The molecular weight excluding hydrogens is 786 g/mol. The molecule has 0 heterocycles. The highest BCUT2D eigenvalue weighted by molar-refractivity contribution is 7.47. The highest BCUT2D eigenvalue weighted by Crippen LogP contribution is 2.43. The Hall–Kier alpha value is -1.51. The molecule has 0 aliphatic heterocycles. The van der Waals surface area contributed by atoms with Crippen molar-refractivity contribution >= 4 is 19.8 Å². The number of phosphoric ester groups is 1. The lowest BCUT2D eigenvalue weighted by Crippen LogP contribution is -2.37. The molecule has 0 saturated heterocycles. The predicted molar refractivity (Wildman–Crippen MR) is 257 cm³/mol. The van der Waals surface area contributed by atoms with Crippen molar-refractivity contribution in [3.63, 3.8) is 0 Å². The minimum Gasteiger partial charge on any atom is -0.462 e. The molecule has 10 heteroatoms. The van der Waals surface area contributed by atoms with Crippen molar-refractivity contribution in [1.82, 2.24) is 0 Å². The van der Waals surface area contributed by atoms with E-state index in [-0.39, 0.29) is 32.0 Å². The number of hydrogen-bond acceptors (Lipinski definition) is 7. The Morgan fingerprint density at radius 2 is 0.902 bits per heavy atom. The van der Waals surface area contributed by atoms with E-state index in [1.165, 1.54) is 148 Å². The topological polar surface area (TPSA) is 108 Å². The van der Waals surface area contributed by atoms with Crippen molar-refractivity contribution in [1.29, 1.82) is 0 Å². The third-order valence-electron chi connectivity index (χ3n) is 11.2. The fourth-order valence-corrected chi connectivity index (χ4v) is 7.95. The molecule has 1 N–H and O–H groups in total. The zero-order valence-corrected chi connectivity index (χ0v) is 41.6. The third kappa shape index (κ3) is 47.8. The molecule has 0 aromatic heterocycles. The molecule has 1 unspecified atom stereocenters. The molecule has 360 valence electrons. The Morgan fingerprint density at radius 1 is 0.508 bits per heavy atom. The SMILES string of the molecule is CCCC/C=C/C/C=C/CCCCCCCC(=O)OC[C@H](COP(=O)(O)OCC[N+](C)(C)C)OC(=O)CCCCCCCCCCCCCCCCCCCCCCCCC. The highest BCUT2D eigenvalue weighted by Gasteiger charge is 2.27. The van der Waals surface area contributed by atoms with E-state index in [1.54, 1.807) is 0 Å². The number of carbonyl (C=O) groups excluding carboxylic acids is 2. The van der Waals surface area contributed by atoms with Gasteiger partial charge in [-0.15, -0.1) is 0 Å². The van der Waals surface area contributed by atoms with Crippen LogP contribution in [0.15, 0.2) is 24.3 Å². The molecule has 0 spiro atoms. The lowest BCUT2D eigenvalue weighted by Gasteiger charge is -2.24. The van der Waals surface area contributed by atoms with E-state index >= 15 is 0 Å². The first-order valence-corrected chi connectivity index (χ1v) is 27.1. The molecule has 2 atom stereocenters. The molecule has 0 rings (SSSR count). The van der Waals surface area contributed by atoms with Crippen LogP contribution in [-0.2, 0) is 32.7 Å². The molecular formula is C51H99NO8P+. The van der Waals surface area contributed by atoms with Gasteiger partial charge >= 0.3 is 19.8 Å². The van der Waals surface area contributed by atoms with E-state index < -0.39 is 26.5 Å². The Labute approximate surface area is 377 Å². The fraction of sp³-hybridized carbons (Fsp3) is 0.882. The maximum Gasteiger partial charge on any atom is 0.472 e. The maximum absolute atomic E-state index is 12.8. The minimum atomic E-state index is -4.38. The van der Waals surface area contributed by atoms with Gasteiger partial charge in [0, 0.05) is 12.8 Å². The Bertz CT molecular complexity index is 1090. The Morgan fingerprint density at radius 3 is 1.34 bits per heavy atom. The normalized spacial score (nSPS) is 13.6. The van der Waals surface area contributed by atoms with Crippen LogP contribution >= 0.6 is 7.82 Å². The van der Waals surface area contributed by atoms with E-state index in [2.05, 4.69) is 38.2 Å². The summed E-state index contributed by atoms with van der Waals surface area (Å²) in [6.45, 7) is 4.40. The van der Waals surface area contributed by atoms with Crippen LogP contribution in [0.5, 0.6) is 0 Å². The molecule has 0 saturated carbocycles. The van der Waals surface area contributed by atoms with Crippen LogP contribution in [0, 0.1) is 0 Å². The van der Waals surface area contributed by atoms with E-state index in [4.69, 9.17) is 18.5 Å². The van der Waals surface area contributed by atoms with Crippen molar-refractivity contribution in [2.24, 2.45) is 0 Å². The largest absolute Gasteiger partial charge is 0.472 e. The number of esters is 2. The van der Waals surface area contributed by atoms with Crippen LogP contribution in [0.1, 0.15) is 239 Å². The zero-order valence-electron chi connectivity index (χ0n) is 40.7. The van der Waals surface area contributed by atoms with Gasteiger partial charge < -0.3 is 18.9 Å². The molecule has 0 aliphatic rings. The number of unbranched alkanes of at least 4 members (excludes halogenated alkanes) is 29. The van der Waals surface area contributed by atoms with E-state index in [9.17, 15) is 19.0 Å². The molecule has 0 bridgehead atoms. The van der Waals surface area contributed by atoms with Gasteiger partial charge in [0.1, 0.15) is 19.8 Å². The van der Waals surface area contributed by atoms with Crippen molar-refractivity contribution in [3.8, 4) is 0 Å². The van der Waals surface area contributed by atoms with Gasteiger partial charge in [0.25, 0.3) is 0 Å². The lowest BCUT2D eigenvalue weighted by atomic mass is 10.0. The molecule has 0 amide bonds. The van der Waals surface area contributed by atoms with E-state index in [1.807, 2.05) is 21.1 Å². The summed E-state index contributed by atoms with van der Waals surface area (Å²) in [6.07, 6.45) is 49.5. The zero-order chi connectivity index (χ0) is 45.0. The lowest BCUT2D eigenvalue weighted by molar-refractivity contribution is -0.870. The monoisotopic (exact) mass is 885 g/mol. The maximum atomic E-state index is 12.8. The average Bonchev–Trinajstić information content (AvgIpc) is 3.21. The van der Waals surface area contributed by atoms with Gasteiger partial charge in [-0.1, -0.05) is 212 Å². The number of allylic oxidation sites excluding steroid dienone is 4. The van der Waals surface area contributed by atoms with Crippen LogP contribution in [0.3, 0.4) is 0 Å². The number of ether oxygens (including phenoxy) is 2. The Balaban J connectivity index is 4.19. The molecule has 0 aromatic rings. The van der Waals surface area contributed by atoms with E-state index in [0.29, 0.717) is 17.4 Å². The summed E-state index contributed by atoms with van der Waals surface area (Å²) in [4.78, 5) is 35.5. The van der Waals surface area contributed by atoms with Crippen molar-refractivity contribution in [3.05, 3.63) is 24.3 Å². The molecule has 0 radical (unpaired) electrons. The highest BCUT2D eigenvalue weighted by atomic mass is 31.2.